The Hall–Kier alpha value is -1.84. The Kier molecular flexibility index (Phi) is 3.84. The number of hydrogen-bond acceptors (Lipinski definition) is 2. The van der Waals surface area contributed by atoms with Crippen LogP contribution in [0, 0.1) is 6.92 Å². The zero-order valence-electron chi connectivity index (χ0n) is 13.1. The maximum atomic E-state index is 12.7. The van der Waals surface area contributed by atoms with Crippen molar-refractivity contribution in [3.05, 3.63) is 29.6 Å². The van der Waals surface area contributed by atoms with E-state index in [9.17, 15) is 4.79 Å². The molecular weight excluding hydrogens is 250 g/mol. The van der Waals surface area contributed by atoms with E-state index < -0.39 is 0 Å². The van der Waals surface area contributed by atoms with E-state index in [1.54, 1.807) is 0 Å². The fourth-order valence-corrected chi connectivity index (χ4v) is 2.67. The summed E-state index contributed by atoms with van der Waals surface area (Å²) in [6.45, 7) is 10.1. The van der Waals surface area contributed by atoms with E-state index in [1.807, 2.05) is 69.3 Å². The first-order chi connectivity index (χ1) is 9.32. The molecule has 0 bridgehead atoms. The number of rotatable bonds is 3. The molecular formula is C16H23N3O. The van der Waals surface area contributed by atoms with Crippen LogP contribution >= 0.6 is 0 Å². The van der Waals surface area contributed by atoms with Gasteiger partial charge in [-0.25, -0.2) is 4.98 Å². The van der Waals surface area contributed by atoms with E-state index in [2.05, 4.69) is 4.98 Å². The molecule has 0 atom stereocenters. The maximum Gasteiger partial charge on any atom is 0.254 e. The van der Waals surface area contributed by atoms with Gasteiger partial charge in [0.25, 0.3) is 5.91 Å². The Labute approximate surface area is 120 Å². The first-order valence-electron chi connectivity index (χ1n) is 7.08. The number of amides is 1. The van der Waals surface area contributed by atoms with Crippen LogP contribution in [0.2, 0.25) is 0 Å². The molecule has 0 aliphatic carbocycles. The lowest BCUT2D eigenvalue weighted by Crippen LogP contribution is -2.42. The van der Waals surface area contributed by atoms with Gasteiger partial charge in [-0.3, -0.25) is 4.79 Å². The third-order valence-electron chi connectivity index (χ3n) is 3.70. The van der Waals surface area contributed by atoms with Gasteiger partial charge in [-0.15, -0.1) is 0 Å². The van der Waals surface area contributed by atoms with E-state index in [-0.39, 0.29) is 18.0 Å². The number of benzene rings is 1. The highest BCUT2D eigenvalue weighted by Gasteiger charge is 2.22. The van der Waals surface area contributed by atoms with Crippen molar-refractivity contribution in [1.29, 1.82) is 0 Å². The predicted molar refractivity (Wildman–Crippen MR) is 81.9 cm³/mol. The van der Waals surface area contributed by atoms with E-state index in [1.165, 1.54) is 0 Å². The van der Waals surface area contributed by atoms with Crippen LogP contribution in [0.15, 0.2) is 18.2 Å². The van der Waals surface area contributed by atoms with Crippen LogP contribution < -0.4 is 0 Å². The van der Waals surface area contributed by atoms with Crippen LogP contribution in [-0.4, -0.2) is 32.4 Å². The summed E-state index contributed by atoms with van der Waals surface area (Å²) in [6, 6.07) is 6.13. The number of imidazole rings is 1. The zero-order chi connectivity index (χ0) is 15.0. The Bertz CT molecular complexity index is 632. The first-order valence-corrected chi connectivity index (χ1v) is 7.08. The molecule has 0 saturated carbocycles. The van der Waals surface area contributed by atoms with Crippen molar-refractivity contribution >= 4 is 16.9 Å². The summed E-state index contributed by atoms with van der Waals surface area (Å²) in [7, 11) is 1.99. The highest BCUT2D eigenvalue weighted by atomic mass is 16.2. The van der Waals surface area contributed by atoms with Crippen molar-refractivity contribution < 1.29 is 4.79 Å². The van der Waals surface area contributed by atoms with Crippen molar-refractivity contribution in [1.82, 2.24) is 14.5 Å². The molecule has 1 amide bonds. The van der Waals surface area contributed by atoms with Crippen molar-refractivity contribution in [3.63, 3.8) is 0 Å². The van der Waals surface area contributed by atoms with Crippen LogP contribution in [0.25, 0.3) is 11.0 Å². The summed E-state index contributed by atoms with van der Waals surface area (Å²) >= 11 is 0. The van der Waals surface area contributed by atoms with Crippen LogP contribution in [0.5, 0.6) is 0 Å². The third kappa shape index (κ3) is 2.42. The minimum absolute atomic E-state index is 0.0696. The number of hydrogen-bond donors (Lipinski definition) is 0. The Morgan fingerprint density at radius 1 is 1.20 bits per heavy atom. The molecule has 108 valence electrons. The lowest BCUT2D eigenvalue weighted by molar-refractivity contribution is 0.0644. The largest absolute Gasteiger partial charge is 0.334 e. The average Bonchev–Trinajstić information content (AvgIpc) is 2.63. The first kappa shape index (κ1) is 14.6. The monoisotopic (exact) mass is 273 g/mol. The van der Waals surface area contributed by atoms with E-state index >= 15 is 0 Å². The molecule has 2 aromatic rings. The van der Waals surface area contributed by atoms with Crippen molar-refractivity contribution in [3.8, 4) is 0 Å². The summed E-state index contributed by atoms with van der Waals surface area (Å²) in [6.07, 6.45) is 0. The molecule has 0 spiro atoms. The third-order valence-corrected chi connectivity index (χ3v) is 3.70. The topological polar surface area (TPSA) is 38.1 Å². The quantitative estimate of drug-likeness (QED) is 0.861. The van der Waals surface area contributed by atoms with Gasteiger partial charge in [0.1, 0.15) is 5.82 Å². The molecule has 1 aromatic carbocycles. The minimum Gasteiger partial charge on any atom is -0.334 e. The normalized spacial score (nSPS) is 11.6. The molecule has 4 heteroatoms. The molecule has 0 aliphatic rings. The van der Waals surface area contributed by atoms with E-state index in [0.29, 0.717) is 5.56 Å². The molecule has 4 nitrogen and oxygen atoms in total. The van der Waals surface area contributed by atoms with Gasteiger partial charge in [-0.05, 0) is 52.8 Å². The number of nitrogens with zero attached hydrogens (tertiary/aromatic N) is 3. The number of aryl methyl sites for hydroxylation is 2. The van der Waals surface area contributed by atoms with Gasteiger partial charge < -0.3 is 9.47 Å². The fraction of sp³-hybridized carbons (Fsp3) is 0.500. The molecule has 20 heavy (non-hydrogen) atoms. The van der Waals surface area contributed by atoms with Crippen molar-refractivity contribution in [2.45, 2.75) is 46.7 Å². The average molecular weight is 273 g/mol. The number of carbonyl (C=O) groups excluding carboxylic acids is 1. The second-order valence-electron chi connectivity index (χ2n) is 5.82. The van der Waals surface area contributed by atoms with Gasteiger partial charge in [0.15, 0.2) is 0 Å². The fourth-order valence-electron chi connectivity index (χ4n) is 2.67. The Morgan fingerprint density at radius 2 is 1.80 bits per heavy atom. The number of carbonyl (C=O) groups is 1. The molecule has 2 rings (SSSR count). The standard InChI is InChI=1S/C16H23N3O/c1-10(2)19(11(3)4)16(20)13-7-8-15-14(9-13)17-12(5)18(15)6/h7-11H,1-6H3. The summed E-state index contributed by atoms with van der Waals surface area (Å²) in [5, 5.41) is 0. The summed E-state index contributed by atoms with van der Waals surface area (Å²) < 4.78 is 2.03. The van der Waals surface area contributed by atoms with E-state index in [0.717, 1.165) is 16.9 Å². The predicted octanol–water partition coefficient (Wildman–Crippen LogP) is 3.14. The number of aromatic nitrogens is 2. The van der Waals surface area contributed by atoms with Gasteiger partial charge in [-0.1, -0.05) is 0 Å². The molecule has 0 saturated heterocycles. The lowest BCUT2D eigenvalue weighted by Gasteiger charge is -2.30. The summed E-state index contributed by atoms with van der Waals surface area (Å²) in [5.41, 5.74) is 2.64. The molecule has 0 aliphatic heterocycles. The molecule has 0 unspecified atom stereocenters. The van der Waals surface area contributed by atoms with Crippen LogP contribution in [-0.2, 0) is 7.05 Å². The van der Waals surface area contributed by atoms with Crippen LogP contribution in [0.1, 0.15) is 43.9 Å². The SMILES string of the molecule is Cc1nc2cc(C(=O)N(C(C)C)C(C)C)ccc2n1C. The van der Waals surface area contributed by atoms with E-state index in [4.69, 9.17) is 0 Å². The van der Waals surface area contributed by atoms with Crippen LogP contribution in [0.3, 0.4) is 0 Å². The highest BCUT2D eigenvalue weighted by molar-refractivity contribution is 5.97. The second kappa shape index (κ2) is 5.27. The van der Waals surface area contributed by atoms with Crippen molar-refractivity contribution in [2.24, 2.45) is 7.05 Å². The molecule has 0 N–H and O–H groups in total. The van der Waals surface area contributed by atoms with Gasteiger partial charge in [0.2, 0.25) is 0 Å². The Morgan fingerprint density at radius 3 is 2.35 bits per heavy atom. The number of fused-ring (bicyclic) bond motifs is 1. The van der Waals surface area contributed by atoms with Gasteiger partial charge >= 0.3 is 0 Å². The summed E-state index contributed by atoms with van der Waals surface area (Å²) in [4.78, 5) is 19.1. The summed E-state index contributed by atoms with van der Waals surface area (Å²) in [5.74, 6) is 1.02. The highest BCUT2D eigenvalue weighted by Crippen LogP contribution is 2.19. The van der Waals surface area contributed by atoms with Crippen LogP contribution in [0.4, 0.5) is 0 Å². The zero-order valence-corrected chi connectivity index (χ0v) is 13.1. The Balaban J connectivity index is 2.44. The lowest BCUT2D eigenvalue weighted by atomic mass is 10.1. The second-order valence-corrected chi connectivity index (χ2v) is 5.82. The molecule has 0 radical (unpaired) electrons. The van der Waals surface area contributed by atoms with Gasteiger partial charge in [0, 0.05) is 24.7 Å². The smallest absolute Gasteiger partial charge is 0.254 e. The maximum absolute atomic E-state index is 12.7. The molecule has 0 fully saturated rings. The molecule has 1 aromatic heterocycles. The van der Waals surface area contributed by atoms with Gasteiger partial charge in [-0.2, -0.15) is 0 Å². The molecule has 1 heterocycles. The van der Waals surface area contributed by atoms with Gasteiger partial charge in [0.05, 0.1) is 11.0 Å². The van der Waals surface area contributed by atoms with Crippen molar-refractivity contribution in [2.75, 3.05) is 0 Å². The minimum atomic E-state index is 0.0696.